The number of carbonyl (C=O) groups is 2. The van der Waals surface area contributed by atoms with Crippen LogP contribution in [0.5, 0.6) is 0 Å². The number of aryl methyl sites for hydroxylation is 1. The van der Waals surface area contributed by atoms with Crippen LogP contribution in [-0.4, -0.2) is 56.7 Å². The van der Waals surface area contributed by atoms with Gasteiger partial charge >= 0.3 is 12.0 Å². The smallest absolute Gasteiger partial charge is 0.317 e. The summed E-state index contributed by atoms with van der Waals surface area (Å²) in [7, 11) is 2.01. The molecule has 30 heavy (non-hydrogen) atoms. The van der Waals surface area contributed by atoms with E-state index in [0.717, 1.165) is 55.4 Å². The highest BCUT2D eigenvalue weighted by molar-refractivity contribution is 5.78. The summed E-state index contributed by atoms with van der Waals surface area (Å²) >= 11 is 0. The van der Waals surface area contributed by atoms with Gasteiger partial charge in [0.2, 0.25) is 0 Å². The minimum absolute atomic E-state index is 0.0795. The third kappa shape index (κ3) is 4.13. The summed E-state index contributed by atoms with van der Waals surface area (Å²) in [5.41, 5.74) is 1.45. The number of hydrogen-bond acceptors (Lipinski definition) is 5. The van der Waals surface area contributed by atoms with Crippen LogP contribution in [0.25, 0.3) is 11.0 Å². The second-order valence-corrected chi connectivity index (χ2v) is 8.58. The lowest BCUT2D eigenvalue weighted by Gasteiger charge is -2.38. The number of urea groups is 1. The number of esters is 1. The van der Waals surface area contributed by atoms with Crippen molar-refractivity contribution in [2.45, 2.75) is 63.3 Å². The monoisotopic (exact) mass is 413 g/mol. The molecule has 8 heteroatoms. The zero-order valence-corrected chi connectivity index (χ0v) is 17.9. The van der Waals surface area contributed by atoms with E-state index in [4.69, 9.17) is 9.72 Å². The van der Waals surface area contributed by atoms with E-state index >= 15 is 0 Å². The molecule has 2 aromatic heterocycles. The molecule has 1 unspecified atom stereocenters. The average Bonchev–Trinajstić information content (AvgIpc) is 3.34. The number of amides is 2. The molecule has 2 amide bonds. The molecule has 2 fully saturated rings. The van der Waals surface area contributed by atoms with Gasteiger partial charge in [0, 0.05) is 32.3 Å². The van der Waals surface area contributed by atoms with Crippen molar-refractivity contribution in [1.82, 2.24) is 24.8 Å². The Morgan fingerprint density at radius 2 is 2.10 bits per heavy atom. The zero-order valence-electron chi connectivity index (χ0n) is 17.9. The molecule has 4 rings (SSSR count). The van der Waals surface area contributed by atoms with Crippen LogP contribution in [0.15, 0.2) is 18.5 Å². The highest BCUT2D eigenvalue weighted by atomic mass is 16.5. The molecular weight excluding hydrogens is 382 g/mol. The lowest BCUT2D eigenvalue weighted by atomic mass is 9.79. The number of pyridine rings is 1. The van der Waals surface area contributed by atoms with E-state index in [2.05, 4.69) is 14.9 Å². The van der Waals surface area contributed by atoms with Gasteiger partial charge in [0.15, 0.2) is 0 Å². The van der Waals surface area contributed by atoms with Crippen molar-refractivity contribution in [2.75, 3.05) is 19.7 Å². The molecule has 162 valence electrons. The molecule has 3 heterocycles. The highest BCUT2D eigenvalue weighted by Gasteiger charge is 2.39. The summed E-state index contributed by atoms with van der Waals surface area (Å²) in [5.74, 6) is 0.958. The Hall–Kier alpha value is -2.64. The Balaban J connectivity index is 1.44. The maximum atomic E-state index is 13.1. The molecule has 0 bridgehead atoms. The minimum atomic E-state index is -0.483. The number of nitrogens with one attached hydrogen (secondary N) is 1. The van der Waals surface area contributed by atoms with Crippen molar-refractivity contribution >= 4 is 23.0 Å². The Morgan fingerprint density at radius 1 is 1.30 bits per heavy atom. The van der Waals surface area contributed by atoms with Crippen molar-refractivity contribution in [3.8, 4) is 0 Å². The Kier molecular flexibility index (Phi) is 5.92. The summed E-state index contributed by atoms with van der Waals surface area (Å²) in [6, 6.07) is 1.84. The van der Waals surface area contributed by atoms with Gasteiger partial charge in [-0.15, -0.1) is 0 Å². The van der Waals surface area contributed by atoms with Crippen LogP contribution in [0, 0.1) is 0 Å². The third-order valence-electron chi connectivity index (χ3n) is 6.53. The first-order valence-electron chi connectivity index (χ1n) is 11.0. The number of likely N-dealkylation sites (tertiary alicyclic amines) is 1. The summed E-state index contributed by atoms with van der Waals surface area (Å²) in [6.07, 6.45) is 9.55. The van der Waals surface area contributed by atoms with E-state index < -0.39 is 5.54 Å². The number of imidazole rings is 1. The first kappa shape index (κ1) is 20.6. The number of fused-ring (bicyclic) bond motifs is 1. The molecule has 2 aliphatic rings. The molecule has 1 N–H and O–H groups in total. The third-order valence-corrected chi connectivity index (χ3v) is 6.53. The number of nitrogens with zero attached hydrogens (tertiary/aromatic N) is 4. The zero-order chi connectivity index (χ0) is 21.1. The summed E-state index contributed by atoms with van der Waals surface area (Å²) < 4.78 is 7.25. The topological polar surface area (TPSA) is 89.3 Å². The number of aromatic nitrogens is 3. The number of carbonyl (C=O) groups excluding carboxylic acids is 2. The van der Waals surface area contributed by atoms with E-state index in [1.807, 2.05) is 31.1 Å². The van der Waals surface area contributed by atoms with Crippen molar-refractivity contribution in [3.05, 3.63) is 24.3 Å². The Bertz CT molecular complexity index is 919. The van der Waals surface area contributed by atoms with E-state index in [1.165, 1.54) is 0 Å². The van der Waals surface area contributed by atoms with Crippen LogP contribution < -0.4 is 5.32 Å². The predicted molar refractivity (Wildman–Crippen MR) is 113 cm³/mol. The fraction of sp³-hybridized carbons (Fsp3) is 0.636. The van der Waals surface area contributed by atoms with E-state index in [0.29, 0.717) is 19.7 Å². The molecule has 0 radical (unpaired) electrons. The minimum Gasteiger partial charge on any atom is -0.466 e. The molecule has 0 aromatic carbocycles. The van der Waals surface area contributed by atoms with Crippen LogP contribution in [0.2, 0.25) is 0 Å². The normalized spacial score (nSPS) is 21.0. The fourth-order valence-corrected chi connectivity index (χ4v) is 4.94. The lowest BCUT2D eigenvalue weighted by molar-refractivity contribution is -0.145. The molecule has 2 aromatic rings. The van der Waals surface area contributed by atoms with Crippen LogP contribution in [0.4, 0.5) is 4.79 Å². The molecule has 1 atom stereocenters. The number of rotatable bonds is 5. The second kappa shape index (κ2) is 8.62. The molecule has 1 saturated heterocycles. The van der Waals surface area contributed by atoms with Crippen molar-refractivity contribution in [3.63, 3.8) is 0 Å². The predicted octanol–water partition coefficient (Wildman–Crippen LogP) is 3.12. The van der Waals surface area contributed by atoms with E-state index in [9.17, 15) is 9.59 Å². The van der Waals surface area contributed by atoms with E-state index in [-0.39, 0.29) is 24.3 Å². The van der Waals surface area contributed by atoms with Crippen molar-refractivity contribution < 1.29 is 14.3 Å². The second-order valence-electron chi connectivity index (χ2n) is 8.58. The van der Waals surface area contributed by atoms with Gasteiger partial charge in [0.25, 0.3) is 0 Å². The average molecular weight is 414 g/mol. The quantitative estimate of drug-likeness (QED) is 0.761. The molecule has 1 aliphatic carbocycles. The van der Waals surface area contributed by atoms with Crippen LogP contribution in [0.1, 0.15) is 63.6 Å². The van der Waals surface area contributed by atoms with Crippen LogP contribution >= 0.6 is 0 Å². The first-order valence-corrected chi connectivity index (χ1v) is 11.0. The molecule has 8 nitrogen and oxygen atoms in total. The fourth-order valence-electron chi connectivity index (χ4n) is 4.94. The molecule has 1 aliphatic heterocycles. The summed E-state index contributed by atoms with van der Waals surface area (Å²) in [4.78, 5) is 36.1. The molecule has 1 saturated carbocycles. The van der Waals surface area contributed by atoms with Gasteiger partial charge < -0.3 is 19.5 Å². The van der Waals surface area contributed by atoms with Gasteiger partial charge in [-0.2, -0.15) is 0 Å². The summed E-state index contributed by atoms with van der Waals surface area (Å²) in [6.45, 7) is 3.50. The SMILES string of the molecule is CCOC(=O)CC1(NC(=O)N2CCC(c3nc4ccncc4n3C)C2)CCCCC1. The highest BCUT2D eigenvalue weighted by Crippen LogP contribution is 2.33. The number of hydrogen-bond donors (Lipinski definition) is 1. The van der Waals surface area contributed by atoms with Crippen molar-refractivity contribution in [2.24, 2.45) is 7.05 Å². The molecular formula is C22H31N5O3. The first-order chi connectivity index (χ1) is 14.5. The van der Waals surface area contributed by atoms with Crippen LogP contribution in [0.3, 0.4) is 0 Å². The van der Waals surface area contributed by atoms with Gasteiger partial charge in [0.05, 0.1) is 35.8 Å². The summed E-state index contributed by atoms with van der Waals surface area (Å²) in [5, 5.41) is 3.23. The maximum Gasteiger partial charge on any atom is 0.317 e. The number of ether oxygens (including phenoxy) is 1. The van der Waals surface area contributed by atoms with Crippen molar-refractivity contribution in [1.29, 1.82) is 0 Å². The Labute approximate surface area is 177 Å². The van der Waals surface area contributed by atoms with Gasteiger partial charge in [-0.3, -0.25) is 9.78 Å². The van der Waals surface area contributed by atoms with Gasteiger partial charge in [-0.05, 0) is 32.3 Å². The Morgan fingerprint density at radius 3 is 2.83 bits per heavy atom. The lowest BCUT2D eigenvalue weighted by Crippen LogP contribution is -2.55. The van der Waals surface area contributed by atoms with Gasteiger partial charge in [-0.25, -0.2) is 9.78 Å². The molecule has 0 spiro atoms. The van der Waals surface area contributed by atoms with Gasteiger partial charge in [0.1, 0.15) is 5.82 Å². The van der Waals surface area contributed by atoms with Gasteiger partial charge in [-0.1, -0.05) is 19.3 Å². The standard InChI is InChI=1S/C22H31N5O3/c1-3-30-19(28)13-22(9-5-4-6-10-22)25-21(29)27-12-8-16(15-27)20-24-17-7-11-23-14-18(17)26(20)2/h7,11,14,16H,3-6,8-10,12-13,15H2,1-2H3,(H,25,29). The van der Waals surface area contributed by atoms with E-state index in [1.54, 1.807) is 6.20 Å². The maximum absolute atomic E-state index is 13.1. The van der Waals surface area contributed by atoms with Crippen LogP contribution in [-0.2, 0) is 16.6 Å². The largest absolute Gasteiger partial charge is 0.466 e.